The number of hydrogen-bond donors (Lipinski definition) is 4. The number of carbonyl (C=O) groups is 5. The maximum atomic E-state index is 15.7. The van der Waals surface area contributed by atoms with Crippen molar-refractivity contribution in [2.24, 2.45) is 16.7 Å². The first-order valence-corrected chi connectivity index (χ1v) is 21.0. The minimum Gasteiger partial charge on any atom is -0.456 e. The van der Waals surface area contributed by atoms with Crippen LogP contribution < -0.4 is 5.32 Å². The van der Waals surface area contributed by atoms with Gasteiger partial charge in [-0.25, -0.2) is 14.4 Å². The molecule has 2 aromatic carbocycles. The van der Waals surface area contributed by atoms with E-state index in [2.05, 4.69) is 5.32 Å². The third-order valence-electron chi connectivity index (χ3n) is 13.5. The molecule has 2 saturated carbocycles. The van der Waals surface area contributed by atoms with Gasteiger partial charge in [0.2, 0.25) is 0 Å². The van der Waals surface area contributed by atoms with Gasteiger partial charge in [0.1, 0.15) is 35.1 Å². The molecular weight excluding hydrogens is 801 g/mol. The molecule has 335 valence electrons. The molecular formula is C46H59BNO14. The molecule has 2 unspecified atom stereocenters. The minimum atomic E-state index is -2.31. The van der Waals surface area contributed by atoms with Crippen LogP contribution >= 0.6 is 0 Å². The quantitative estimate of drug-likeness (QED) is 0.104. The van der Waals surface area contributed by atoms with Gasteiger partial charge in [0.15, 0.2) is 17.5 Å². The zero-order valence-corrected chi connectivity index (χ0v) is 37.1. The molecule has 1 amide bonds. The Morgan fingerprint density at radius 2 is 1.58 bits per heavy atom. The van der Waals surface area contributed by atoms with E-state index in [1.165, 1.54) is 33.5 Å². The van der Waals surface area contributed by atoms with Gasteiger partial charge in [-0.1, -0.05) is 75.6 Å². The van der Waals surface area contributed by atoms with Crippen molar-refractivity contribution in [3.05, 3.63) is 82.9 Å². The molecule has 3 fully saturated rings. The van der Waals surface area contributed by atoms with Gasteiger partial charge in [0, 0.05) is 25.2 Å². The number of benzene rings is 2. The van der Waals surface area contributed by atoms with Gasteiger partial charge in [-0.3, -0.25) is 9.59 Å². The average molecular weight is 861 g/mol. The zero-order chi connectivity index (χ0) is 45.8. The molecule has 1 radical (unpaired) electrons. The Morgan fingerprint density at radius 1 is 0.968 bits per heavy atom. The summed E-state index contributed by atoms with van der Waals surface area (Å²) >= 11 is 0. The van der Waals surface area contributed by atoms with Crippen LogP contribution in [0, 0.1) is 16.7 Å². The summed E-state index contributed by atoms with van der Waals surface area (Å²) in [7, 11) is 1.42. The summed E-state index contributed by atoms with van der Waals surface area (Å²) in [5.41, 5.74) is -8.92. The lowest BCUT2D eigenvalue weighted by molar-refractivity contribution is -0.383. The molecule has 2 aromatic rings. The van der Waals surface area contributed by atoms with Crippen LogP contribution in [0.3, 0.4) is 0 Å². The summed E-state index contributed by atoms with van der Waals surface area (Å²) in [6, 6.07) is 14.9. The first-order valence-electron chi connectivity index (χ1n) is 21.0. The molecule has 1 saturated heterocycles. The van der Waals surface area contributed by atoms with Gasteiger partial charge in [-0.05, 0) is 70.4 Å². The van der Waals surface area contributed by atoms with E-state index in [0.29, 0.717) is 17.5 Å². The summed E-state index contributed by atoms with van der Waals surface area (Å²) in [4.78, 5) is 70.5. The number of ketones is 1. The number of ether oxygens (including phenoxy) is 5. The Hall–Kier alpha value is -4.61. The van der Waals surface area contributed by atoms with Gasteiger partial charge >= 0.3 is 24.0 Å². The Balaban J connectivity index is 1.55. The lowest BCUT2D eigenvalue weighted by atomic mass is 9.42. The molecule has 16 heteroatoms. The fourth-order valence-corrected chi connectivity index (χ4v) is 10.2. The highest BCUT2D eigenvalue weighted by molar-refractivity contribution is 6.27. The lowest BCUT2D eigenvalue weighted by Gasteiger charge is -2.70. The molecule has 11 atom stereocenters. The van der Waals surface area contributed by atoms with Crippen LogP contribution in [0.25, 0.3) is 0 Å². The number of esters is 3. The van der Waals surface area contributed by atoms with E-state index in [9.17, 15) is 34.5 Å². The smallest absolute Gasteiger partial charge is 0.408 e. The monoisotopic (exact) mass is 860 g/mol. The number of carbonyl (C=O) groups excluding carboxylic acids is 5. The molecule has 0 spiro atoms. The van der Waals surface area contributed by atoms with E-state index in [1.54, 1.807) is 104 Å². The van der Waals surface area contributed by atoms with Crippen LogP contribution in [0.1, 0.15) is 104 Å². The molecule has 1 heterocycles. The summed E-state index contributed by atoms with van der Waals surface area (Å²) in [6.45, 7) is 15.8. The van der Waals surface area contributed by atoms with E-state index in [1.807, 2.05) is 0 Å². The van der Waals surface area contributed by atoms with Crippen LogP contribution in [0.4, 0.5) is 4.79 Å². The predicted octanol–water partition coefficient (Wildman–Crippen LogP) is 4.73. The van der Waals surface area contributed by atoms with Crippen molar-refractivity contribution in [2.45, 2.75) is 147 Å². The second kappa shape index (κ2) is 16.8. The highest BCUT2D eigenvalue weighted by atomic mass is 16.6. The van der Waals surface area contributed by atoms with Gasteiger partial charge in [-0.2, -0.15) is 0 Å². The van der Waals surface area contributed by atoms with E-state index < -0.39 is 112 Å². The van der Waals surface area contributed by atoms with E-state index in [0.717, 1.165) is 0 Å². The van der Waals surface area contributed by atoms with Crippen molar-refractivity contribution >= 4 is 37.3 Å². The van der Waals surface area contributed by atoms with Crippen LogP contribution in [0.5, 0.6) is 0 Å². The number of aliphatic hydroxyl groups excluding tert-OH is 2. The summed E-state index contributed by atoms with van der Waals surface area (Å²) in [5, 5.41) is 40.4. The summed E-state index contributed by atoms with van der Waals surface area (Å²) < 4.78 is 36.7. The Labute approximate surface area is 363 Å². The van der Waals surface area contributed by atoms with Crippen molar-refractivity contribution in [3.8, 4) is 0 Å². The second-order valence-electron chi connectivity index (χ2n) is 18.9. The standard InChI is InChI=1S/C46H59BNO14/c1-11-47-62-34-31-25(2)29(58-39(54)33(51)32(27-18-14-12-15-19-27)48-40(55)61-41(4,5)6)22-45(56,42(31,7)8)37(59-38(53)28-20-16-13-17-21-28)35-44(10,36(34)52)30(50)23-43(9)46(35,24-57-43)60-26(3)49/h12-21,29-30,32-35,37,50-51,56H,11,22-24H2,1-10H3,(H,48,55)/t29?,30?,32-,33+,34+,35-,37-,43+,44+,45+,46+/m0/s1. The highest BCUT2D eigenvalue weighted by Gasteiger charge is 2.81. The fourth-order valence-electron chi connectivity index (χ4n) is 10.2. The number of nitrogens with one attached hydrogen (secondary N) is 1. The van der Waals surface area contributed by atoms with Gasteiger partial charge < -0.3 is 49.0 Å². The van der Waals surface area contributed by atoms with Crippen molar-refractivity contribution in [1.29, 1.82) is 0 Å². The fraction of sp³-hybridized carbons (Fsp3) is 0.587. The van der Waals surface area contributed by atoms with E-state index in [-0.39, 0.29) is 24.2 Å². The normalized spacial score (nSPS) is 33.4. The number of aliphatic hydroxyl groups is 3. The van der Waals surface area contributed by atoms with Gasteiger partial charge in [-0.15, -0.1) is 0 Å². The van der Waals surface area contributed by atoms with E-state index >= 15 is 4.79 Å². The minimum absolute atomic E-state index is 0.103. The Kier molecular flexibility index (Phi) is 12.7. The summed E-state index contributed by atoms with van der Waals surface area (Å²) in [6.07, 6.45) is -9.42. The van der Waals surface area contributed by atoms with Crippen molar-refractivity contribution in [2.75, 3.05) is 6.61 Å². The third kappa shape index (κ3) is 7.86. The number of rotatable bonds is 11. The van der Waals surface area contributed by atoms with Gasteiger partial charge in [0.25, 0.3) is 7.48 Å². The first kappa shape index (κ1) is 46.9. The Morgan fingerprint density at radius 3 is 2.13 bits per heavy atom. The van der Waals surface area contributed by atoms with Crippen molar-refractivity contribution < 1.29 is 67.6 Å². The maximum Gasteiger partial charge on any atom is 0.408 e. The largest absolute Gasteiger partial charge is 0.456 e. The molecule has 62 heavy (non-hydrogen) atoms. The number of amides is 1. The summed E-state index contributed by atoms with van der Waals surface area (Å²) in [5.74, 6) is -4.98. The lowest BCUT2D eigenvalue weighted by Crippen LogP contribution is -2.85. The van der Waals surface area contributed by atoms with Crippen LogP contribution in [-0.2, 0) is 42.7 Å². The van der Waals surface area contributed by atoms with Crippen LogP contribution in [0.2, 0.25) is 6.32 Å². The maximum absolute atomic E-state index is 15.7. The predicted molar refractivity (Wildman–Crippen MR) is 223 cm³/mol. The van der Waals surface area contributed by atoms with Crippen LogP contribution in [0.15, 0.2) is 71.8 Å². The van der Waals surface area contributed by atoms with Crippen molar-refractivity contribution in [1.82, 2.24) is 5.32 Å². The molecule has 4 N–H and O–H groups in total. The molecule has 0 aromatic heterocycles. The molecule has 2 bridgehead atoms. The number of hydrogen-bond acceptors (Lipinski definition) is 14. The van der Waals surface area contributed by atoms with Crippen molar-refractivity contribution in [3.63, 3.8) is 0 Å². The molecule has 6 rings (SSSR count). The molecule has 1 aliphatic heterocycles. The SMILES string of the molecule is CC[B]O[C@H]1C(=O)[C@]2(C)C(O)C[C@@]3(C)OC[C@@]3(OC(C)=O)[C@H]2[C@H](OC(=O)c2ccccc2)[C@]2(O)CC(OC(=O)[C@H](O)[C@@H](NC(=O)OC(C)(C)C)c3ccccc3)C(C)=C1C2(C)C. The van der Waals surface area contributed by atoms with Gasteiger partial charge in [0.05, 0.1) is 35.6 Å². The molecule has 4 aliphatic rings. The number of fused-ring (bicyclic) bond motifs is 5. The number of alkyl carbamates (subject to hydrolysis) is 1. The Bertz CT molecular complexity index is 2090. The number of Topliss-reactive ketones (excluding diaryl/α,β-unsaturated/α-hetero) is 1. The third-order valence-corrected chi connectivity index (χ3v) is 13.5. The zero-order valence-electron chi connectivity index (χ0n) is 37.1. The van der Waals surface area contributed by atoms with E-state index in [4.69, 9.17) is 28.3 Å². The highest BCUT2D eigenvalue weighted by Crippen LogP contribution is 2.67. The average Bonchev–Trinajstić information content (AvgIpc) is 3.20. The molecule has 15 nitrogen and oxygen atoms in total. The molecule has 3 aliphatic carbocycles. The van der Waals surface area contributed by atoms with Crippen LogP contribution in [-0.4, -0.2) is 112 Å². The second-order valence-corrected chi connectivity index (χ2v) is 18.9. The topological polar surface area (TPSA) is 213 Å². The first-order chi connectivity index (χ1) is 28.9.